The van der Waals surface area contributed by atoms with Gasteiger partial charge in [0.1, 0.15) is 6.10 Å². The molecule has 1 aromatic carbocycles. The molecule has 0 unspecified atom stereocenters. The third-order valence-electron chi connectivity index (χ3n) is 5.80. The van der Waals surface area contributed by atoms with Gasteiger partial charge in [0.05, 0.1) is 13.2 Å². The number of carbonyl (C=O) groups excluding carboxylic acids is 1. The number of aromatic nitrogens is 2. The van der Waals surface area contributed by atoms with Crippen LogP contribution in [0.5, 0.6) is 0 Å². The zero-order chi connectivity index (χ0) is 20.2. The van der Waals surface area contributed by atoms with Crippen LogP contribution >= 0.6 is 0 Å². The van der Waals surface area contributed by atoms with Gasteiger partial charge < -0.3 is 14.2 Å². The summed E-state index contributed by atoms with van der Waals surface area (Å²) in [5, 5.41) is 4.06. The van der Waals surface area contributed by atoms with E-state index in [1.54, 1.807) is 0 Å². The van der Waals surface area contributed by atoms with E-state index in [4.69, 9.17) is 9.26 Å². The largest absolute Gasteiger partial charge is 0.366 e. The number of ether oxygens (including phenoxy) is 1. The molecule has 7 heteroatoms. The van der Waals surface area contributed by atoms with Gasteiger partial charge in [-0.15, -0.1) is 0 Å². The summed E-state index contributed by atoms with van der Waals surface area (Å²) in [6.45, 7) is 8.54. The molecule has 0 radical (unpaired) electrons. The number of hydrogen-bond acceptors (Lipinski definition) is 6. The topological polar surface area (TPSA) is 71.7 Å². The summed E-state index contributed by atoms with van der Waals surface area (Å²) in [7, 11) is 0. The fourth-order valence-electron chi connectivity index (χ4n) is 4.06. The highest BCUT2D eigenvalue weighted by molar-refractivity contribution is 5.79. The lowest BCUT2D eigenvalue weighted by Gasteiger charge is -2.37. The Kier molecular flexibility index (Phi) is 6.25. The van der Waals surface area contributed by atoms with Crippen LogP contribution in [0.25, 0.3) is 0 Å². The van der Waals surface area contributed by atoms with Crippen LogP contribution in [0.2, 0.25) is 0 Å². The Morgan fingerprint density at radius 1 is 1.17 bits per heavy atom. The van der Waals surface area contributed by atoms with Crippen LogP contribution in [-0.4, -0.2) is 58.6 Å². The van der Waals surface area contributed by atoms with Gasteiger partial charge in [-0.1, -0.05) is 49.3 Å². The van der Waals surface area contributed by atoms with E-state index in [0.717, 1.165) is 32.5 Å². The van der Waals surface area contributed by atoms with E-state index in [0.29, 0.717) is 31.4 Å². The minimum Gasteiger partial charge on any atom is -0.366 e. The van der Waals surface area contributed by atoms with Gasteiger partial charge in [0.15, 0.2) is 0 Å². The number of hydrogen-bond donors (Lipinski definition) is 0. The van der Waals surface area contributed by atoms with Crippen LogP contribution in [0, 0.1) is 5.92 Å². The van der Waals surface area contributed by atoms with Gasteiger partial charge in [-0.25, -0.2) is 0 Å². The van der Waals surface area contributed by atoms with Gasteiger partial charge in [0, 0.05) is 24.9 Å². The molecule has 0 saturated carbocycles. The highest BCUT2D eigenvalue weighted by Crippen LogP contribution is 2.26. The number of amides is 1. The first-order valence-corrected chi connectivity index (χ1v) is 10.6. The molecule has 1 aromatic heterocycles. The zero-order valence-electron chi connectivity index (χ0n) is 17.3. The molecule has 1 amide bonds. The van der Waals surface area contributed by atoms with Crippen LogP contribution < -0.4 is 0 Å². The number of piperidine rings is 1. The van der Waals surface area contributed by atoms with Gasteiger partial charge >= 0.3 is 0 Å². The Hall–Kier alpha value is -2.25. The highest BCUT2D eigenvalue weighted by atomic mass is 16.5. The Morgan fingerprint density at radius 3 is 2.62 bits per heavy atom. The lowest BCUT2D eigenvalue weighted by molar-refractivity contribution is -0.145. The Morgan fingerprint density at radius 2 is 1.93 bits per heavy atom. The standard InChI is InChI=1S/C22H30N4O3/c1-16(2)21-23-20(24-29-21)19-15-26(12-13-28-19)22(27)18-8-10-25(11-9-18)14-17-6-4-3-5-7-17/h3-7,16,18-19H,8-15H2,1-2H3/t19-/m0/s1. The van der Waals surface area contributed by atoms with Crippen molar-refractivity contribution in [2.45, 2.75) is 45.3 Å². The number of carbonyl (C=O) groups is 1. The minimum absolute atomic E-state index is 0.0947. The van der Waals surface area contributed by atoms with Crippen LogP contribution in [0.15, 0.2) is 34.9 Å². The quantitative estimate of drug-likeness (QED) is 0.771. The third kappa shape index (κ3) is 4.85. The average Bonchev–Trinajstić information content (AvgIpc) is 3.25. The smallest absolute Gasteiger partial charge is 0.229 e. The molecule has 2 saturated heterocycles. The SMILES string of the molecule is CC(C)c1nc([C@@H]2CN(C(=O)C3CCN(Cc4ccccc4)CC3)CCO2)no1. The molecule has 2 aromatic rings. The summed E-state index contributed by atoms with van der Waals surface area (Å²) < 4.78 is 11.1. The predicted molar refractivity (Wildman–Crippen MR) is 108 cm³/mol. The predicted octanol–water partition coefficient (Wildman–Crippen LogP) is 3.01. The van der Waals surface area contributed by atoms with E-state index >= 15 is 0 Å². The van der Waals surface area contributed by atoms with E-state index in [-0.39, 0.29) is 23.8 Å². The number of rotatable bonds is 5. The molecular weight excluding hydrogens is 368 g/mol. The molecule has 0 spiro atoms. The normalized spacial score (nSPS) is 21.6. The molecule has 156 valence electrons. The van der Waals surface area contributed by atoms with Crippen molar-refractivity contribution in [2.75, 3.05) is 32.8 Å². The molecule has 4 rings (SSSR count). The second-order valence-electron chi connectivity index (χ2n) is 8.33. The maximum atomic E-state index is 13.1. The molecule has 2 fully saturated rings. The van der Waals surface area contributed by atoms with Crippen molar-refractivity contribution in [1.82, 2.24) is 19.9 Å². The van der Waals surface area contributed by atoms with Crippen molar-refractivity contribution in [2.24, 2.45) is 5.92 Å². The molecule has 29 heavy (non-hydrogen) atoms. The van der Waals surface area contributed by atoms with Crippen molar-refractivity contribution >= 4 is 5.91 Å². The van der Waals surface area contributed by atoms with E-state index in [2.05, 4.69) is 39.3 Å². The highest BCUT2D eigenvalue weighted by Gasteiger charge is 2.33. The van der Waals surface area contributed by atoms with Gasteiger partial charge in [-0.3, -0.25) is 9.69 Å². The fourth-order valence-corrected chi connectivity index (χ4v) is 4.06. The molecule has 0 N–H and O–H groups in total. The lowest BCUT2D eigenvalue weighted by Crippen LogP contribution is -2.47. The van der Waals surface area contributed by atoms with Gasteiger partial charge in [0.2, 0.25) is 17.6 Å². The second kappa shape index (κ2) is 9.05. The van der Waals surface area contributed by atoms with Gasteiger partial charge in [-0.2, -0.15) is 4.98 Å². The van der Waals surface area contributed by atoms with E-state index in [9.17, 15) is 4.79 Å². The second-order valence-corrected chi connectivity index (χ2v) is 8.33. The van der Waals surface area contributed by atoms with Crippen molar-refractivity contribution in [3.05, 3.63) is 47.6 Å². The van der Waals surface area contributed by atoms with Crippen molar-refractivity contribution in [3.8, 4) is 0 Å². The van der Waals surface area contributed by atoms with Crippen molar-refractivity contribution in [3.63, 3.8) is 0 Å². The first kappa shape index (κ1) is 20.0. The summed E-state index contributed by atoms with van der Waals surface area (Å²) in [6, 6.07) is 10.5. The Bertz CT molecular complexity index is 799. The minimum atomic E-state index is -0.304. The first-order valence-electron chi connectivity index (χ1n) is 10.6. The van der Waals surface area contributed by atoms with E-state index in [1.807, 2.05) is 24.8 Å². The Labute approximate surface area is 172 Å². The fraction of sp³-hybridized carbons (Fsp3) is 0.591. The monoisotopic (exact) mass is 398 g/mol. The number of nitrogens with zero attached hydrogens (tertiary/aromatic N) is 4. The summed E-state index contributed by atoms with van der Waals surface area (Å²) in [6.07, 6.45) is 1.52. The third-order valence-corrected chi connectivity index (χ3v) is 5.80. The van der Waals surface area contributed by atoms with Crippen molar-refractivity contribution < 1.29 is 14.1 Å². The lowest BCUT2D eigenvalue weighted by atomic mass is 9.94. The van der Waals surface area contributed by atoms with Crippen LogP contribution in [0.4, 0.5) is 0 Å². The molecule has 3 heterocycles. The summed E-state index contributed by atoms with van der Waals surface area (Å²) >= 11 is 0. The van der Waals surface area contributed by atoms with Crippen LogP contribution in [-0.2, 0) is 16.1 Å². The van der Waals surface area contributed by atoms with Crippen LogP contribution in [0.3, 0.4) is 0 Å². The van der Waals surface area contributed by atoms with Crippen LogP contribution in [0.1, 0.15) is 56.0 Å². The molecule has 0 aliphatic carbocycles. The summed E-state index contributed by atoms with van der Waals surface area (Å²) in [5.41, 5.74) is 1.33. The number of morpholine rings is 1. The van der Waals surface area contributed by atoms with Crippen molar-refractivity contribution in [1.29, 1.82) is 0 Å². The number of likely N-dealkylation sites (tertiary alicyclic amines) is 1. The zero-order valence-corrected chi connectivity index (χ0v) is 17.3. The molecule has 2 aliphatic rings. The first-order chi connectivity index (χ1) is 14.1. The number of benzene rings is 1. The van der Waals surface area contributed by atoms with Gasteiger partial charge in [-0.05, 0) is 31.5 Å². The van der Waals surface area contributed by atoms with E-state index in [1.165, 1.54) is 5.56 Å². The molecule has 2 aliphatic heterocycles. The summed E-state index contributed by atoms with van der Waals surface area (Å²) in [5.74, 6) is 1.67. The summed E-state index contributed by atoms with van der Waals surface area (Å²) in [4.78, 5) is 21.9. The molecule has 7 nitrogen and oxygen atoms in total. The Balaban J connectivity index is 1.30. The molecule has 1 atom stereocenters. The van der Waals surface area contributed by atoms with Gasteiger partial charge in [0.25, 0.3) is 0 Å². The maximum Gasteiger partial charge on any atom is 0.229 e. The maximum absolute atomic E-state index is 13.1. The van der Waals surface area contributed by atoms with E-state index < -0.39 is 0 Å². The molecular formula is C22H30N4O3. The molecule has 0 bridgehead atoms. The average molecular weight is 399 g/mol.